The van der Waals surface area contributed by atoms with E-state index in [1.54, 1.807) is 19.2 Å². The zero-order valence-corrected chi connectivity index (χ0v) is 20.3. The fourth-order valence-electron chi connectivity index (χ4n) is 1.84. The summed E-state index contributed by atoms with van der Waals surface area (Å²) < 4.78 is 4.94. The van der Waals surface area contributed by atoms with Crippen LogP contribution >= 0.6 is 0 Å². The lowest BCUT2D eigenvalue weighted by Gasteiger charge is -2.25. The number of hydrogen-bond acceptors (Lipinski definition) is 5. The number of aldehydes is 1. The highest BCUT2D eigenvalue weighted by atomic mass is 16.6. The lowest BCUT2D eigenvalue weighted by molar-refractivity contribution is -0.384. The minimum absolute atomic E-state index is 0.0417. The van der Waals surface area contributed by atoms with E-state index in [-0.39, 0.29) is 16.2 Å². The van der Waals surface area contributed by atoms with Gasteiger partial charge in [0.05, 0.1) is 10.5 Å². The number of anilines is 1. The highest BCUT2D eigenvalue weighted by Gasteiger charge is 2.09. The highest BCUT2D eigenvalue weighted by molar-refractivity contribution is 5.50. The topological polar surface area (TPSA) is 72.7 Å². The summed E-state index contributed by atoms with van der Waals surface area (Å²) in [4.78, 5) is 21.4. The van der Waals surface area contributed by atoms with Crippen molar-refractivity contribution in [3.8, 4) is 0 Å². The maximum atomic E-state index is 10.6. The van der Waals surface area contributed by atoms with E-state index in [4.69, 9.17) is 9.53 Å². The number of hydrogen-bond donors (Lipinski definition) is 0. The number of nitrogens with zero attached hydrogens (tertiary/aromatic N) is 2. The predicted molar refractivity (Wildman–Crippen MR) is 125 cm³/mol. The molecule has 0 fully saturated rings. The Kier molecular flexibility index (Phi) is 21.2. The van der Waals surface area contributed by atoms with Crippen LogP contribution in [0, 0.1) is 16.0 Å². The number of methoxy groups -OCH3 is 1. The molecule has 1 rings (SSSR count). The maximum absolute atomic E-state index is 10.6. The van der Waals surface area contributed by atoms with Gasteiger partial charge in [0.15, 0.2) is 0 Å². The molecule has 0 heterocycles. The Morgan fingerprint density at radius 2 is 1.55 bits per heavy atom. The summed E-state index contributed by atoms with van der Waals surface area (Å²) in [6.07, 6.45) is 2.96. The minimum Gasteiger partial charge on any atom is -0.379 e. The molecule has 0 atom stereocenters. The number of carbonyl (C=O) groups is 1. The second kappa shape index (κ2) is 19.4. The standard InChI is InChI=1S/C14H22N2O2.C5H12O.C2H4O.C2H6/c1-4-10-15(11-9-12(2)3)13-5-7-14(8-6-13)16(17)18;1-5(2,3)6-4;1-2-3;1-2/h5-8,12H,4,9-11H2,1-3H3;1-4H3;2H,1H3;1-2H3. The van der Waals surface area contributed by atoms with Crippen molar-refractivity contribution in [3.05, 3.63) is 34.4 Å². The first-order chi connectivity index (χ1) is 13.5. The van der Waals surface area contributed by atoms with Gasteiger partial charge in [0.25, 0.3) is 5.69 Å². The lowest BCUT2D eigenvalue weighted by atomic mass is 10.1. The fraction of sp³-hybridized carbons (Fsp3) is 0.696. The van der Waals surface area contributed by atoms with Crippen LogP contribution in [0.1, 0.15) is 75.2 Å². The van der Waals surface area contributed by atoms with Crippen molar-refractivity contribution >= 4 is 17.7 Å². The van der Waals surface area contributed by atoms with E-state index in [0.717, 1.165) is 37.9 Å². The summed E-state index contributed by atoms with van der Waals surface area (Å²) in [7, 11) is 1.71. The van der Waals surface area contributed by atoms with E-state index in [0.29, 0.717) is 5.92 Å². The molecule has 0 aliphatic carbocycles. The van der Waals surface area contributed by atoms with Gasteiger partial charge in [0, 0.05) is 38.0 Å². The molecule has 0 N–H and O–H groups in total. The highest BCUT2D eigenvalue weighted by Crippen LogP contribution is 2.20. The number of ether oxygens (including phenoxy) is 1. The number of rotatable bonds is 7. The van der Waals surface area contributed by atoms with Crippen LogP contribution in [0.3, 0.4) is 0 Å². The summed E-state index contributed by atoms with van der Waals surface area (Å²) >= 11 is 0. The van der Waals surface area contributed by atoms with E-state index in [2.05, 4.69) is 25.7 Å². The third kappa shape index (κ3) is 20.6. The molecule has 170 valence electrons. The zero-order valence-electron chi connectivity index (χ0n) is 20.3. The first-order valence-electron chi connectivity index (χ1n) is 10.5. The molecule has 6 heteroatoms. The van der Waals surface area contributed by atoms with Gasteiger partial charge in [-0.05, 0) is 58.6 Å². The summed E-state index contributed by atoms with van der Waals surface area (Å²) in [5, 5.41) is 10.6. The lowest BCUT2D eigenvalue weighted by Crippen LogP contribution is -2.26. The van der Waals surface area contributed by atoms with Crippen LogP contribution < -0.4 is 4.90 Å². The molecule has 0 bridgehead atoms. The third-order valence-corrected chi connectivity index (χ3v) is 3.51. The van der Waals surface area contributed by atoms with Gasteiger partial charge in [-0.1, -0.05) is 34.6 Å². The smallest absolute Gasteiger partial charge is 0.269 e. The van der Waals surface area contributed by atoms with Gasteiger partial charge in [-0.25, -0.2) is 0 Å². The van der Waals surface area contributed by atoms with Crippen molar-refractivity contribution in [1.82, 2.24) is 0 Å². The van der Waals surface area contributed by atoms with E-state index in [9.17, 15) is 10.1 Å². The van der Waals surface area contributed by atoms with Crippen LogP contribution in [-0.2, 0) is 9.53 Å². The Labute approximate surface area is 178 Å². The van der Waals surface area contributed by atoms with E-state index in [1.165, 1.54) is 6.92 Å². The second-order valence-corrected chi connectivity index (χ2v) is 7.50. The molecule has 1 aromatic carbocycles. The molecule has 0 spiro atoms. The number of benzene rings is 1. The molecule has 0 saturated heterocycles. The first kappa shape index (κ1) is 31.7. The molecule has 0 unspecified atom stereocenters. The molecule has 1 aromatic rings. The van der Waals surface area contributed by atoms with Crippen molar-refractivity contribution in [1.29, 1.82) is 0 Å². The van der Waals surface area contributed by atoms with Crippen molar-refractivity contribution in [2.24, 2.45) is 5.92 Å². The Balaban J connectivity index is -0.000000512. The van der Waals surface area contributed by atoms with Crippen LogP contribution in [0.5, 0.6) is 0 Å². The van der Waals surface area contributed by atoms with Crippen LogP contribution in [0.4, 0.5) is 11.4 Å². The summed E-state index contributed by atoms with van der Waals surface area (Å²) in [5.74, 6) is 0.669. The van der Waals surface area contributed by atoms with E-state index < -0.39 is 0 Å². The molecule has 0 aliphatic rings. The van der Waals surface area contributed by atoms with Crippen LogP contribution in [0.2, 0.25) is 0 Å². The molecule has 0 saturated carbocycles. The van der Waals surface area contributed by atoms with Crippen molar-refractivity contribution in [2.45, 2.75) is 80.8 Å². The maximum Gasteiger partial charge on any atom is 0.269 e. The van der Waals surface area contributed by atoms with E-state index in [1.807, 2.05) is 46.8 Å². The Hall–Kier alpha value is -1.95. The molecule has 0 amide bonds. The molecule has 0 aromatic heterocycles. The van der Waals surface area contributed by atoms with Gasteiger partial charge < -0.3 is 14.4 Å². The van der Waals surface area contributed by atoms with Gasteiger partial charge in [-0.15, -0.1) is 0 Å². The van der Waals surface area contributed by atoms with Crippen molar-refractivity contribution in [2.75, 3.05) is 25.1 Å². The minimum atomic E-state index is -0.359. The molecular weight excluding hydrogens is 368 g/mol. The monoisotopic (exact) mass is 412 g/mol. The van der Waals surface area contributed by atoms with Gasteiger partial charge in [0.2, 0.25) is 0 Å². The summed E-state index contributed by atoms with van der Waals surface area (Å²) in [6, 6.07) is 6.84. The Morgan fingerprint density at radius 1 is 1.14 bits per heavy atom. The van der Waals surface area contributed by atoms with Crippen molar-refractivity contribution < 1.29 is 14.5 Å². The average molecular weight is 413 g/mol. The summed E-state index contributed by atoms with van der Waals surface area (Å²) in [6.45, 7) is 20.1. The number of nitro benzene ring substituents is 1. The second-order valence-electron chi connectivity index (χ2n) is 7.50. The number of carbonyl (C=O) groups excluding carboxylic acids is 1. The average Bonchev–Trinajstić information content (AvgIpc) is 2.67. The van der Waals surface area contributed by atoms with Gasteiger partial charge in [-0.3, -0.25) is 10.1 Å². The third-order valence-electron chi connectivity index (χ3n) is 3.51. The molecule has 6 nitrogen and oxygen atoms in total. The number of non-ortho nitro benzene ring substituents is 1. The Morgan fingerprint density at radius 3 is 1.83 bits per heavy atom. The first-order valence-corrected chi connectivity index (χ1v) is 10.5. The Bertz CT molecular complexity index is 509. The van der Waals surface area contributed by atoms with Crippen molar-refractivity contribution in [3.63, 3.8) is 0 Å². The molecule has 0 aliphatic heterocycles. The normalized spacial score (nSPS) is 9.76. The van der Waals surface area contributed by atoms with Gasteiger partial charge in [0.1, 0.15) is 6.29 Å². The molecular formula is C23H44N2O4. The molecule has 0 radical (unpaired) electrons. The van der Waals surface area contributed by atoms with Crippen LogP contribution in [0.15, 0.2) is 24.3 Å². The number of nitro groups is 1. The quantitative estimate of drug-likeness (QED) is 0.289. The largest absolute Gasteiger partial charge is 0.379 e. The fourth-order valence-corrected chi connectivity index (χ4v) is 1.84. The van der Waals surface area contributed by atoms with Crippen LogP contribution in [0.25, 0.3) is 0 Å². The van der Waals surface area contributed by atoms with Gasteiger partial charge in [-0.2, -0.15) is 0 Å². The SMILES string of the molecule is CC.CC=O.CCCN(CCC(C)C)c1ccc([N+](=O)[O-])cc1.COC(C)(C)C. The van der Waals surface area contributed by atoms with Crippen LogP contribution in [-0.4, -0.2) is 37.0 Å². The summed E-state index contributed by atoms with van der Waals surface area (Å²) in [5.41, 5.74) is 1.27. The zero-order chi connectivity index (χ0) is 23.5. The van der Waals surface area contributed by atoms with Gasteiger partial charge >= 0.3 is 0 Å². The molecule has 29 heavy (non-hydrogen) atoms. The van der Waals surface area contributed by atoms with E-state index >= 15 is 0 Å². The predicted octanol–water partition coefficient (Wildman–Crippen LogP) is 6.52.